The van der Waals surface area contributed by atoms with Crippen molar-refractivity contribution in [2.75, 3.05) is 20.1 Å². The minimum absolute atomic E-state index is 0.833. The molecule has 0 aromatic rings. The zero-order valence-electron chi connectivity index (χ0n) is 6.30. The van der Waals surface area contributed by atoms with E-state index in [1.54, 1.807) is 0 Å². The van der Waals surface area contributed by atoms with Crippen molar-refractivity contribution >= 4 is 0 Å². The molecule has 0 spiro atoms. The Bertz CT molecular complexity index is 107. The van der Waals surface area contributed by atoms with E-state index in [0.717, 1.165) is 5.92 Å². The van der Waals surface area contributed by atoms with Crippen LogP contribution in [0.5, 0.6) is 0 Å². The van der Waals surface area contributed by atoms with Crippen LogP contribution >= 0.6 is 0 Å². The first-order valence-corrected chi connectivity index (χ1v) is 3.64. The highest BCUT2D eigenvalue weighted by Gasteiger charge is 2.15. The van der Waals surface area contributed by atoms with Crippen molar-refractivity contribution in [2.45, 2.75) is 13.3 Å². The lowest BCUT2D eigenvalue weighted by molar-refractivity contribution is 0.408. The van der Waals surface area contributed by atoms with Crippen LogP contribution in [-0.2, 0) is 0 Å². The normalized spacial score (nSPS) is 30.2. The predicted octanol–water partition coefficient (Wildman–Crippen LogP) is 1.51. The third-order valence-electron chi connectivity index (χ3n) is 1.89. The maximum Gasteiger partial charge on any atom is 0.00418 e. The van der Waals surface area contributed by atoms with Gasteiger partial charge in [-0.25, -0.2) is 0 Å². The Morgan fingerprint density at radius 2 is 2.33 bits per heavy atom. The first kappa shape index (κ1) is 6.81. The average Bonchev–Trinajstić information content (AvgIpc) is 2.17. The summed E-state index contributed by atoms with van der Waals surface area (Å²) in [5, 5.41) is 0. The lowest BCUT2D eigenvalue weighted by atomic mass is 10.1. The molecule has 1 heterocycles. The van der Waals surface area contributed by atoms with Gasteiger partial charge in [-0.15, -0.1) is 0 Å². The highest BCUT2D eigenvalue weighted by Crippen LogP contribution is 2.14. The van der Waals surface area contributed by atoms with Crippen molar-refractivity contribution in [1.29, 1.82) is 0 Å². The van der Waals surface area contributed by atoms with E-state index in [0.29, 0.717) is 0 Å². The zero-order chi connectivity index (χ0) is 6.69. The van der Waals surface area contributed by atoms with Crippen LogP contribution in [0.1, 0.15) is 13.3 Å². The second-order valence-electron chi connectivity index (χ2n) is 2.84. The number of hydrogen-bond donors (Lipinski definition) is 0. The first-order chi connectivity index (χ1) is 4.33. The largest absolute Gasteiger partial charge is 0.306 e. The van der Waals surface area contributed by atoms with Gasteiger partial charge in [-0.1, -0.05) is 12.2 Å². The second-order valence-corrected chi connectivity index (χ2v) is 2.84. The van der Waals surface area contributed by atoms with E-state index in [1.165, 1.54) is 19.5 Å². The molecule has 1 heteroatoms. The van der Waals surface area contributed by atoms with Crippen molar-refractivity contribution in [1.82, 2.24) is 4.90 Å². The van der Waals surface area contributed by atoms with Crippen molar-refractivity contribution in [3.8, 4) is 0 Å². The van der Waals surface area contributed by atoms with Gasteiger partial charge in [0.1, 0.15) is 0 Å². The Morgan fingerprint density at radius 1 is 1.56 bits per heavy atom. The quantitative estimate of drug-likeness (QED) is 0.480. The fourth-order valence-corrected chi connectivity index (χ4v) is 1.40. The van der Waals surface area contributed by atoms with Gasteiger partial charge in [0.05, 0.1) is 0 Å². The highest BCUT2D eigenvalue weighted by atomic mass is 15.1. The van der Waals surface area contributed by atoms with Crippen LogP contribution in [0, 0.1) is 5.92 Å². The number of hydrogen-bond acceptors (Lipinski definition) is 1. The molecule has 1 fully saturated rings. The number of allylic oxidation sites excluding steroid dienone is 1. The summed E-state index contributed by atoms with van der Waals surface area (Å²) in [5.41, 5.74) is 0. The molecule has 1 aliphatic rings. The van der Waals surface area contributed by atoms with Crippen LogP contribution in [0.25, 0.3) is 0 Å². The van der Waals surface area contributed by atoms with Crippen LogP contribution in [0.3, 0.4) is 0 Å². The van der Waals surface area contributed by atoms with Gasteiger partial charge in [-0.3, -0.25) is 0 Å². The topological polar surface area (TPSA) is 3.24 Å². The van der Waals surface area contributed by atoms with Gasteiger partial charge in [0, 0.05) is 6.54 Å². The molecular formula is C8H15N. The summed E-state index contributed by atoms with van der Waals surface area (Å²) < 4.78 is 0. The predicted molar refractivity (Wildman–Crippen MR) is 40.4 cm³/mol. The highest BCUT2D eigenvalue weighted by molar-refractivity contribution is 4.90. The summed E-state index contributed by atoms with van der Waals surface area (Å²) in [5.74, 6) is 0.833. The van der Waals surface area contributed by atoms with E-state index in [4.69, 9.17) is 0 Å². The molecule has 0 N–H and O–H groups in total. The summed E-state index contributed by atoms with van der Waals surface area (Å²) >= 11 is 0. The molecule has 1 nitrogen and oxygen atoms in total. The molecule has 0 bridgehead atoms. The molecule has 0 radical (unpaired) electrons. The van der Waals surface area contributed by atoms with E-state index in [9.17, 15) is 0 Å². The molecule has 1 unspecified atom stereocenters. The third-order valence-corrected chi connectivity index (χ3v) is 1.89. The molecule has 0 aliphatic carbocycles. The maximum atomic E-state index is 2.38. The Kier molecular flexibility index (Phi) is 2.29. The maximum absolute atomic E-state index is 2.38. The summed E-state index contributed by atoms with van der Waals surface area (Å²) in [6.07, 6.45) is 5.81. The molecular weight excluding hydrogens is 110 g/mol. The Labute approximate surface area is 57.4 Å². The molecule has 52 valence electrons. The number of likely N-dealkylation sites (tertiary alicyclic amines) is 1. The SMILES string of the molecule is C/C=C/C1CCN(C)C1. The summed E-state index contributed by atoms with van der Waals surface area (Å²) in [6.45, 7) is 4.62. The molecule has 1 saturated heterocycles. The lowest BCUT2D eigenvalue weighted by Crippen LogP contribution is -2.13. The van der Waals surface area contributed by atoms with Gasteiger partial charge >= 0.3 is 0 Å². The average molecular weight is 125 g/mol. The third kappa shape index (κ3) is 1.83. The Balaban J connectivity index is 2.30. The van der Waals surface area contributed by atoms with Crippen LogP contribution < -0.4 is 0 Å². The van der Waals surface area contributed by atoms with Crippen molar-refractivity contribution in [3.63, 3.8) is 0 Å². The molecule has 9 heavy (non-hydrogen) atoms. The lowest BCUT2D eigenvalue weighted by Gasteiger charge is -2.04. The van der Waals surface area contributed by atoms with E-state index in [1.807, 2.05) is 0 Å². The standard InChI is InChI=1S/C8H15N/c1-3-4-8-5-6-9(2)7-8/h3-4,8H,5-7H2,1-2H3/b4-3+. The van der Waals surface area contributed by atoms with Gasteiger partial charge in [0.2, 0.25) is 0 Å². The number of rotatable bonds is 1. The van der Waals surface area contributed by atoms with Gasteiger partial charge in [0.15, 0.2) is 0 Å². The first-order valence-electron chi connectivity index (χ1n) is 3.64. The van der Waals surface area contributed by atoms with Crippen molar-refractivity contribution in [2.24, 2.45) is 5.92 Å². The van der Waals surface area contributed by atoms with Crippen LogP contribution in [0.2, 0.25) is 0 Å². The molecule has 1 aliphatic heterocycles. The van der Waals surface area contributed by atoms with E-state index in [-0.39, 0.29) is 0 Å². The van der Waals surface area contributed by atoms with E-state index >= 15 is 0 Å². The van der Waals surface area contributed by atoms with Crippen LogP contribution in [0.15, 0.2) is 12.2 Å². The molecule has 1 atom stereocenters. The van der Waals surface area contributed by atoms with Gasteiger partial charge in [-0.2, -0.15) is 0 Å². The summed E-state index contributed by atoms with van der Waals surface area (Å²) in [6, 6.07) is 0. The monoisotopic (exact) mass is 125 g/mol. The molecule has 1 rings (SSSR count). The van der Waals surface area contributed by atoms with Gasteiger partial charge in [-0.05, 0) is 32.9 Å². The van der Waals surface area contributed by atoms with Crippen LogP contribution in [-0.4, -0.2) is 25.0 Å². The fourth-order valence-electron chi connectivity index (χ4n) is 1.40. The smallest absolute Gasteiger partial charge is 0.00418 e. The molecule has 0 aromatic heterocycles. The van der Waals surface area contributed by atoms with Crippen LogP contribution in [0.4, 0.5) is 0 Å². The summed E-state index contributed by atoms with van der Waals surface area (Å²) in [7, 11) is 2.18. The second kappa shape index (κ2) is 3.02. The van der Waals surface area contributed by atoms with Gasteiger partial charge < -0.3 is 4.90 Å². The Hall–Kier alpha value is -0.300. The summed E-state index contributed by atoms with van der Waals surface area (Å²) in [4.78, 5) is 2.38. The van der Waals surface area contributed by atoms with Crippen molar-refractivity contribution in [3.05, 3.63) is 12.2 Å². The fraction of sp³-hybridized carbons (Fsp3) is 0.750. The van der Waals surface area contributed by atoms with Gasteiger partial charge in [0.25, 0.3) is 0 Å². The number of nitrogens with zero attached hydrogens (tertiary/aromatic N) is 1. The Morgan fingerprint density at radius 3 is 2.78 bits per heavy atom. The molecule has 0 saturated carbocycles. The molecule has 0 aromatic carbocycles. The minimum atomic E-state index is 0.833. The van der Waals surface area contributed by atoms with Crippen molar-refractivity contribution < 1.29 is 0 Å². The molecule has 0 amide bonds. The zero-order valence-corrected chi connectivity index (χ0v) is 6.30. The minimum Gasteiger partial charge on any atom is -0.306 e. The van der Waals surface area contributed by atoms with E-state index in [2.05, 4.69) is 31.0 Å². The van der Waals surface area contributed by atoms with E-state index < -0.39 is 0 Å².